The average Bonchev–Trinajstić information content (AvgIpc) is 3.23. The molecule has 1 fully saturated rings. The van der Waals surface area contributed by atoms with E-state index in [-0.39, 0.29) is 5.91 Å². The Kier molecular flexibility index (Phi) is 10.1. The van der Waals surface area contributed by atoms with Gasteiger partial charge in [0.15, 0.2) is 5.82 Å². The number of rotatable bonds is 15. The van der Waals surface area contributed by atoms with Gasteiger partial charge in [-0.25, -0.2) is 0 Å². The van der Waals surface area contributed by atoms with E-state index < -0.39 is 0 Å². The number of hydrogen-bond donors (Lipinski definition) is 3. The highest BCUT2D eigenvalue weighted by molar-refractivity contribution is 5.78. The van der Waals surface area contributed by atoms with E-state index in [0.717, 1.165) is 31.5 Å². The molecule has 2 heterocycles. The van der Waals surface area contributed by atoms with Crippen LogP contribution in [-0.2, 0) is 14.3 Å². The summed E-state index contributed by atoms with van der Waals surface area (Å²) in [6.07, 6.45) is 2.46. The molecule has 0 saturated carbocycles. The summed E-state index contributed by atoms with van der Waals surface area (Å²) in [7, 11) is 0. The fourth-order valence-electron chi connectivity index (χ4n) is 3.30. The molecular formula is C22H33N7O3. The van der Waals surface area contributed by atoms with Gasteiger partial charge in [-0.05, 0) is 12.8 Å². The number of nitrogens with two attached hydrogens (primary N) is 1. The Balaban J connectivity index is 1.51. The molecule has 1 aromatic carbocycles. The summed E-state index contributed by atoms with van der Waals surface area (Å²) in [6, 6.07) is 9.79. The predicted octanol–water partition coefficient (Wildman–Crippen LogP) is 1.37. The second-order valence-electron chi connectivity index (χ2n) is 7.38. The van der Waals surface area contributed by atoms with Gasteiger partial charge in [0.05, 0.1) is 26.4 Å². The van der Waals surface area contributed by atoms with Crippen LogP contribution in [0.1, 0.15) is 19.3 Å². The Bertz CT molecular complexity index is 822. The quantitative estimate of drug-likeness (QED) is 0.350. The number of nitrogens with zero attached hydrogens (tertiary/aromatic N) is 4. The number of nitrogens with one attached hydrogen (secondary N) is 2. The lowest BCUT2D eigenvalue weighted by Gasteiger charge is -2.15. The van der Waals surface area contributed by atoms with Crippen LogP contribution < -0.4 is 16.4 Å². The number of amides is 1. The highest BCUT2D eigenvalue weighted by Crippen LogP contribution is 2.17. The van der Waals surface area contributed by atoms with E-state index in [9.17, 15) is 4.79 Å². The van der Waals surface area contributed by atoms with E-state index in [4.69, 9.17) is 15.2 Å². The Morgan fingerprint density at radius 1 is 0.938 bits per heavy atom. The van der Waals surface area contributed by atoms with Crippen molar-refractivity contribution in [3.63, 3.8) is 0 Å². The maximum absolute atomic E-state index is 11.7. The van der Waals surface area contributed by atoms with Crippen LogP contribution in [0, 0.1) is 0 Å². The Morgan fingerprint density at radius 3 is 2.34 bits per heavy atom. The second-order valence-corrected chi connectivity index (χ2v) is 7.38. The Labute approximate surface area is 188 Å². The van der Waals surface area contributed by atoms with Crippen molar-refractivity contribution in [2.45, 2.75) is 19.3 Å². The van der Waals surface area contributed by atoms with Crippen LogP contribution >= 0.6 is 0 Å². The Morgan fingerprint density at radius 2 is 1.66 bits per heavy atom. The van der Waals surface area contributed by atoms with Crippen molar-refractivity contribution in [2.75, 3.05) is 69.8 Å². The van der Waals surface area contributed by atoms with Crippen LogP contribution in [0.25, 0.3) is 11.4 Å². The molecule has 0 spiro atoms. The van der Waals surface area contributed by atoms with Crippen LogP contribution in [-0.4, -0.2) is 84.9 Å². The molecule has 0 unspecified atom stereocenters. The zero-order chi connectivity index (χ0) is 22.4. The van der Waals surface area contributed by atoms with Crippen molar-refractivity contribution in [1.82, 2.24) is 19.9 Å². The van der Waals surface area contributed by atoms with E-state index in [1.807, 2.05) is 35.2 Å². The minimum absolute atomic E-state index is 0.246. The zero-order valence-electron chi connectivity index (χ0n) is 18.5. The molecule has 174 valence electrons. The molecule has 3 rings (SSSR count). The largest absolute Gasteiger partial charge is 0.378 e. The van der Waals surface area contributed by atoms with E-state index in [1.54, 1.807) is 0 Å². The second kappa shape index (κ2) is 13.6. The maximum atomic E-state index is 11.7. The molecule has 1 amide bonds. The molecule has 0 aliphatic carbocycles. The normalized spacial score (nSPS) is 13.5. The number of aromatic nitrogens is 3. The summed E-state index contributed by atoms with van der Waals surface area (Å²) in [4.78, 5) is 27.2. The SMILES string of the molecule is NCCOCCOCCNc1nc(NCCCN2CCCC2=O)nc(-c2ccccc2)n1. The highest BCUT2D eigenvalue weighted by atomic mass is 16.5. The molecule has 1 aliphatic rings. The van der Waals surface area contributed by atoms with Gasteiger partial charge in [0.25, 0.3) is 0 Å². The fourth-order valence-corrected chi connectivity index (χ4v) is 3.30. The molecular weight excluding hydrogens is 410 g/mol. The third-order valence-corrected chi connectivity index (χ3v) is 4.89. The van der Waals surface area contributed by atoms with Gasteiger partial charge in [-0.3, -0.25) is 4.79 Å². The molecule has 1 aromatic heterocycles. The van der Waals surface area contributed by atoms with Crippen LogP contribution in [0.3, 0.4) is 0 Å². The van der Waals surface area contributed by atoms with Crippen molar-refractivity contribution in [3.8, 4) is 11.4 Å². The van der Waals surface area contributed by atoms with Gasteiger partial charge < -0.3 is 30.7 Å². The van der Waals surface area contributed by atoms with Crippen molar-refractivity contribution in [3.05, 3.63) is 30.3 Å². The number of carbonyl (C=O) groups is 1. The first-order chi connectivity index (χ1) is 15.8. The summed E-state index contributed by atoms with van der Waals surface area (Å²) in [5.74, 6) is 1.83. The van der Waals surface area contributed by atoms with Crippen LogP contribution in [0.15, 0.2) is 30.3 Å². The summed E-state index contributed by atoms with van der Waals surface area (Å²) < 4.78 is 10.8. The third-order valence-electron chi connectivity index (χ3n) is 4.89. The minimum Gasteiger partial charge on any atom is -0.378 e. The zero-order valence-corrected chi connectivity index (χ0v) is 18.5. The van der Waals surface area contributed by atoms with Crippen molar-refractivity contribution in [2.24, 2.45) is 5.73 Å². The molecule has 2 aromatic rings. The van der Waals surface area contributed by atoms with E-state index in [0.29, 0.717) is 70.2 Å². The fraction of sp³-hybridized carbons (Fsp3) is 0.545. The van der Waals surface area contributed by atoms with Gasteiger partial charge in [0.2, 0.25) is 17.8 Å². The molecule has 4 N–H and O–H groups in total. The molecule has 0 radical (unpaired) electrons. The molecule has 0 bridgehead atoms. The third kappa shape index (κ3) is 8.03. The van der Waals surface area contributed by atoms with Gasteiger partial charge in [-0.1, -0.05) is 30.3 Å². The number of ether oxygens (including phenoxy) is 2. The van der Waals surface area contributed by atoms with Crippen molar-refractivity contribution >= 4 is 17.8 Å². The molecule has 10 heteroatoms. The molecule has 0 atom stereocenters. The minimum atomic E-state index is 0.246. The predicted molar refractivity (Wildman–Crippen MR) is 123 cm³/mol. The highest BCUT2D eigenvalue weighted by Gasteiger charge is 2.19. The molecule has 1 aliphatic heterocycles. The first kappa shape index (κ1) is 23.8. The van der Waals surface area contributed by atoms with E-state index in [2.05, 4.69) is 25.6 Å². The van der Waals surface area contributed by atoms with E-state index >= 15 is 0 Å². The molecule has 10 nitrogen and oxygen atoms in total. The van der Waals surface area contributed by atoms with Gasteiger partial charge >= 0.3 is 0 Å². The molecule has 32 heavy (non-hydrogen) atoms. The number of anilines is 2. The standard InChI is InChI=1S/C22H33N7O3/c23-9-14-31-16-17-32-15-11-25-22-27-20(18-6-2-1-3-7-18)26-21(28-22)24-10-5-13-29-12-4-8-19(29)30/h1-3,6-7H,4-5,8-17,23H2,(H2,24,25,26,27,28). The summed E-state index contributed by atoms with van der Waals surface area (Å²) in [6.45, 7) is 5.44. The van der Waals surface area contributed by atoms with Gasteiger partial charge in [-0.15, -0.1) is 0 Å². The van der Waals surface area contributed by atoms with Crippen molar-refractivity contribution in [1.29, 1.82) is 0 Å². The average molecular weight is 444 g/mol. The van der Waals surface area contributed by atoms with Gasteiger partial charge in [0.1, 0.15) is 0 Å². The monoisotopic (exact) mass is 443 g/mol. The van der Waals surface area contributed by atoms with Gasteiger partial charge in [0, 0.05) is 44.7 Å². The summed E-state index contributed by atoms with van der Waals surface area (Å²) in [5, 5.41) is 6.46. The lowest BCUT2D eigenvalue weighted by Crippen LogP contribution is -2.27. The number of benzene rings is 1. The van der Waals surface area contributed by atoms with Crippen LogP contribution in [0.4, 0.5) is 11.9 Å². The summed E-state index contributed by atoms with van der Waals surface area (Å²) >= 11 is 0. The van der Waals surface area contributed by atoms with Crippen molar-refractivity contribution < 1.29 is 14.3 Å². The molecule has 1 saturated heterocycles. The first-order valence-electron chi connectivity index (χ1n) is 11.2. The lowest BCUT2D eigenvalue weighted by molar-refractivity contribution is -0.127. The smallest absolute Gasteiger partial charge is 0.228 e. The van der Waals surface area contributed by atoms with Crippen LogP contribution in [0.2, 0.25) is 0 Å². The topological polar surface area (TPSA) is 128 Å². The lowest BCUT2D eigenvalue weighted by atomic mass is 10.2. The number of carbonyl (C=O) groups excluding carboxylic acids is 1. The van der Waals surface area contributed by atoms with Gasteiger partial charge in [-0.2, -0.15) is 15.0 Å². The van der Waals surface area contributed by atoms with Crippen LogP contribution in [0.5, 0.6) is 0 Å². The summed E-state index contributed by atoms with van der Waals surface area (Å²) in [5.41, 5.74) is 6.29. The first-order valence-corrected chi connectivity index (χ1v) is 11.2. The number of likely N-dealkylation sites (tertiary alicyclic amines) is 1. The number of hydrogen-bond acceptors (Lipinski definition) is 9. The van der Waals surface area contributed by atoms with E-state index in [1.165, 1.54) is 0 Å². The maximum Gasteiger partial charge on any atom is 0.228 e. The Hall–Kier alpha value is -2.82.